The first-order chi connectivity index (χ1) is 8.15. The zero-order chi connectivity index (χ0) is 12.3. The van der Waals surface area contributed by atoms with E-state index in [4.69, 9.17) is 10.5 Å². The lowest BCUT2D eigenvalue weighted by Crippen LogP contribution is -2.38. The lowest BCUT2D eigenvalue weighted by atomic mass is 9.77. The Morgan fingerprint density at radius 2 is 2.00 bits per heavy atom. The highest BCUT2D eigenvalue weighted by Gasteiger charge is 2.29. The van der Waals surface area contributed by atoms with Crippen molar-refractivity contribution in [2.45, 2.75) is 44.2 Å². The van der Waals surface area contributed by atoms with E-state index in [1.54, 1.807) is 7.11 Å². The van der Waals surface area contributed by atoms with Gasteiger partial charge in [0.25, 0.3) is 0 Å². The first-order valence-corrected chi connectivity index (χ1v) is 6.22. The molecule has 1 aromatic carbocycles. The molecule has 1 aliphatic rings. The van der Waals surface area contributed by atoms with E-state index in [0.29, 0.717) is 12.2 Å². The maximum Gasteiger partial charge on any atom is 0.128 e. The second-order valence-electron chi connectivity index (χ2n) is 4.96. The van der Waals surface area contributed by atoms with Crippen LogP contribution in [0.1, 0.15) is 43.2 Å². The monoisotopic (exact) mass is 237 g/mol. The van der Waals surface area contributed by atoms with Crippen molar-refractivity contribution in [3.8, 4) is 0 Å². The molecule has 0 radical (unpaired) electrons. The van der Waals surface area contributed by atoms with Crippen molar-refractivity contribution in [2.75, 3.05) is 7.11 Å². The third-order valence-electron chi connectivity index (χ3n) is 3.67. The summed E-state index contributed by atoms with van der Waals surface area (Å²) in [6.45, 7) is 0.301. The van der Waals surface area contributed by atoms with Crippen molar-refractivity contribution < 1.29 is 9.13 Å². The summed E-state index contributed by atoms with van der Waals surface area (Å²) in [5.74, 6) is -0.213. The lowest BCUT2D eigenvalue weighted by molar-refractivity contribution is 0.181. The van der Waals surface area contributed by atoms with Gasteiger partial charge >= 0.3 is 0 Å². The molecule has 0 amide bonds. The molecule has 1 aliphatic carbocycles. The van der Waals surface area contributed by atoms with Gasteiger partial charge in [0, 0.05) is 18.2 Å². The summed E-state index contributed by atoms with van der Waals surface area (Å²) in [4.78, 5) is 0. The Kier molecular flexibility index (Phi) is 3.79. The van der Waals surface area contributed by atoms with E-state index in [9.17, 15) is 4.39 Å². The van der Waals surface area contributed by atoms with Crippen LogP contribution in [-0.2, 0) is 16.9 Å². The summed E-state index contributed by atoms with van der Waals surface area (Å²) >= 11 is 0. The fourth-order valence-electron chi connectivity index (χ4n) is 2.62. The molecule has 1 saturated carbocycles. The van der Waals surface area contributed by atoms with Gasteiger partial charge in [0.05, 0.1) is 6.61 Å². The van der Waals surface area contributed by atoms with Gasteiger partial charge in [-0.3, -0.25) is 0 Å². The number of benzene rings is 1. The summed E-state index contributed by atoms with van der Waals surface area (Å²) in [5, 5.41) is 0. The maximum atomic E-state index is 13.5. The highest BCUT2D eigenvalue weighted by molar-refractivity contribution is 5.30. The molecule has 0 aliphatic heterocycles. The number of hydrogen-bond donors (Lipinski definition) is 1. The van der Waals surface area contributed by atoms with Gasteiger partial charge in [-0.15, -0.1) is 0 Å². The minimum Gasteiger partial charge on any atom is -0.380 e. The first-order valence-electron chi connectivity index (χ1n) is 6.22. The smallest absolute Gasteiger partial charge is 0.128 e. The number of ether oxygens (including phenoxy) is 1. The summed E-state index contributed by atoms with van der Waals surface area (Å²) in [7, 11) is 1.57. The molecule has 3 heteroatoms. The third kappa shape index (κ3) is 2.67. The van der Waals surface area contributed by atoms with E-state index in [0.717, 1.165) is 31.2 Å². The molecule has 0 aromatic heterocycles. The fraction of sp³-hybridized carbons (Fsp3) is 0.571. The molecular weight excluding hydrogens is 217 g/mol. The van der Waals surface area contributed by atoms with Gasteiger partial charge in [-0.1, -0.05) is 25.3 Å². The van der Waals surface area contributed by atoms with E-state index in [1.807, 2.05) is 12.1 Å². The van der Waals surface area contributed by atoms with Crippen LogP contribution < -0.4 is 5.73 Å². The van der Waals surface area contributed by atoms with Gasteiger partial charge in [0.1, 0.15) is 5.82 Å². The molecule has 1 aromatic rings. The van der Waals surface area contributed by atoms with Crippen molar-refractivity contribution in [2.24, 2.45) is 5.73 Å². The average molecular weight is 237 g/mol. The van der Waals surface area contributed by atoms with Crippen LogP contribution in [0.5, 0.6) is 0 Å². The van der Waals surface area contributed by atoms with Gasteiger partial charge in [-0.2, -0.15) is 0 Å². The van der Waals surface area contributed by atoms with Crippen molar-refractivity contribution in [1.29, 1.82) is 0 Å². The van der Waals surface area contributed by atoms with Gasteiger partial charge in [0.2, 0.25) is 0 Å². The highest BCUT2D eigenvalue weighted by Crippen LogP contribution is 2.35. The standard InChI is InChI=1S/C14H20FNO/c1-17-10-11-9-12(5-6-13(11)15)14(16)7-3-2-4-8-14/h5-6,9H,2-4,7-8,10,16H2,1H3. The zero-order valence-corrected chi connectivity index (χ0v) is 10.3. The third-order valence-corrected chi connectivity index (χ3v) is 3.67. The molecule has 0 bridgehead atoms. The molecular formula is C14H20FNO. The van der Waals surface area contributed by atoms with E-state index in [-0.39, 0.29) is 11.4 Å². The Morgan fingerprint density at radius 3 is 2.65 bits per heavy atom. The Balaban J connectivity index is 2.28. The topological polar surface area (TPSA) is 35.2 Å². The minimum absolute atomic E-state index is 0.213. The lowest BCUT2D eigenvalue weighted by Gasteiger charge is -2.34. The molecule has 0 atom stereocenters. The summed E-state index contributed by atoms with van der Waals surface area (Å²) in [6.07, 6.45) is 5.56. The average Bonchev–Trinajstić information content (AvgIpc) is 2.33. The largest absolute Gasteiger partial charge is 0.380 e. The van der Waals surface area contributed by atoms with Crippen LogP contribution in [0.15, 0.2) is 18.2 Å². The van der Waals surface area contributed by atoms with Gasteiger partial charge < -0.3 is 10.5 Å². The molecule has 2 nitrogen and oxygen atoms in total. The summed E-state index contributed by atoms with van der Waals surface area (Å²) < 4.78 is 18.5. The molecule has 0 unspecified atom stereocenters. The molecule has 1 fully saturated rings. The van der Waals surface area contributed by atoms with Crippen molar-refractivity contribution in [1.82, 2.24) is 0 Å². The normalized spacial score (nSPS) is 19.2. The Bertz CT molecular complexity index is 386. The highest BCUT2D eigenvalue weighted by atomic mass is 19.1. The van der Waals surface area contributed by atoms with Crippen LogP contribution >= 0.6 is 0 Å². The molecule has 2 N–H and O–H groups in total. The fourth-order valence-corrected chi connectivity index (χ4v) is 2.62. The maximum absolute atomic E-state index is 13.5. The number of halogens is 1. The first kappa shape index (κ1) is 12.5. The quantitative estimate of drug-likeness (QED) is 0.876. The number of rotatable bonds is 3. The van der Waals surface area contributed by atoms with E-state index in [2.05, 4.69) is 0 Å². The van der Waals surface area contributed by atoms with Crippen LogP contribution in [0.3, 0.4) is 0 Å². The van der Waals surface area contributed by atoms with Gasteiger partial charge in [0.15, 0.2) is 0 Å². The summed E-state index contributed by atoms with van der Waals surface area (Å²) in [6, 6.07) is 5.19. The van der Waals surface area contributed by atoms with E-state index < -0.39 is 0 Å². The van der Waals surface area contributed by atoms with Crippen LogP contribution in [0, 0.1) is 5.82 Å². The second kappa shape index (κ2) is 5.15. The van der Waals surface area contributed by atoms with E-state index >= 15 is 0 Å². The molecule has 0 saturated heterocycles. The Labute approximate surface area is 102 Å². The van der Waals surface area contributed by atoms with Crippen LogP contribution in [0.25, 0.3) is 0 Å². The molecule has 0 spiro atoms. The van der Waals surface area contributed by atoms with E-state index in [1.165, 1.54) is 12.5 Å². The number of hydrogen-bond acceptors (Lipinski definition) is 2. The van der Waals surface area contributed by atoms with Gasteiger partial charge in [-0.05, 0) is 30.5 Å². The van der Waals surface area contributed by atoms with Crippen LogP contribution in [0.2, 0.25) is 0 Å². The number of nitrogens with two attached hydrogens (primary N) is 1. The zero-order valence-electron chi connectivity index (χ0n) is 10.3. The predicted molar refractivity (Wildman–Crippen MR) is 66.1 cm³/mol. The SMILES string of the molecule is COCc1cc(C2(N)CCCCC2)ccc1F. The van der Waals surface area contributed by atoms with Crippen LogP contribution in [0.4, 0.5) is 4.39 Å². The second-order valence-corrected chi connectivity index (χ2v) is 4.96. The predicted octanol–water partition coefficient (Wildman–Crippen LogP) is 3.09. The Hall–Kier alpha value is -0.930. The summed E-state index contributed by atoms with van der Waals surface area (Å²) in [5.41, 5.74) is 7.81. The molecule has 94 valence electrons. The van der Waals surface area contributed by atoms with Gasteiger partial charge in [-0.25, -0.2) is 4.39 Å². The molecule has 17 heavy (non-hydrogen) atoms. The Morgan fingerprint density at radius 1 is 1.29 bits per heavy atom. The molecule has 0 heterocycles. The van der Waals surface area contributed by atoms with Crippen molar-refractivity contribution in [3.63, 3.8) is 0 Å². The number of methoxy groups -OCH3 is 1. The minimum atomic E-state index is -0.269. The molecule has 2 rings (SSSR count). The van der Waals surface area contributed by atoms with Crippen molar-refractivity contribution in [3.05, 3.63) is 35.1 Å². The van der Waals surface area contributed by atoms with Crippen LogP contribution in [-0.4, -0.2) is 7.11 Å². The van der Waals surface area contributed by atoms with Crippen molar-refractivity contribution >= 4 is 0 Å².